The molecule has 4 heterocycles. The van der Waals surface area contributed by atoms with Gasteiger partial charge in [0.2, 0.25) is 0 Å². The molecule has 2 aromatic heterocycles. The van der Waals surface area contributed by atoms with E-state index in [0.717, 1.165) is 6.07 Å². The van der Waals surface area contributed by atoms with Crippen LogP contribution in [0, 0.1) is 18.3 Å². The summed E-state index contributed by atoms with van der Waals surface area (Å²) in [7, 11) is 1.76. The highest BCUT2D eigenvalue weighted by Gasteiger charge is 2.38. The van der Waals surface area contributed by atoms with Crippen LogP contribution in [0.2, 0.25) is 5.02 Å². The summed E-state index contributed by atoms with van der Waals surface area (Å²) >= 11 is 6.63. The Bertz CT molecular complexity index is 1730. The molecule has 0 bridgehead atoms. The zero-order chi connectivity index (χ0) is 33.5. The number of piperazine rings is 1. The van der Waals surface area contributed by atoms with Gasteiger partial charge in [0.15, 0.2) is 5.83 Å². The van der Waals surface area contributed by atoms with Crippen LogP contribution in [-0.2, 0) is 11.0 Å². The van der Waals surface area contributed by atoms with Crippen molar-refractivity contribution in [1.82, 2.24) is 24.8 Å². The molecule has 10 nitrogen and oxygen atoms in total. The topological polar surface area (TPSA) is 124 Å². The van der Waals surface area contributed by atoms with Gasteiger partial charge in [0.05, 0.1) is 40.3 Å². The van der Waals surface area contributed by atoms with Crippen molar-refractivity contribution < 1.29 is 31.5 Å². The number of likely N-dealkylation sites (tertiary alicyclic amines) is 1. The van der Waals surface area contributed by atoms with E-state index in [0.29, 0.717) is 5.39 Å². The Labute approximate surface area is 266 Å². The maximum absolute atomic E-state index is 14.2. The van der Waals surface area contributed by atoms with Crippen LogP contribution < -0.4 is 15.4 Å². The number of anilines is 2. The van der Waals surface area contributed by atoms with Gasteiger partial charge in [-0.05, 0) is 44.2 Å². The van der Waals surface area contributed by atoms with Crippen LogP contribution in [0.25, 0.3) is 22.2 Å². The van der Waals surface area contributed by atoms with Crippen molar-refractivity contribution >= 4 is 40.0 Å². The van der Waals surface area contributed by atoms with Gasteiger partial charge in [-0.2, -0.15) is 28.4 Å². The number of hydrogen-bond acceptors (Lipinski definition) is 9. The van der Waals surface area contributed by atoms with Gasteiger partial charge < -0.3 is 20.3 Å². The highest BCUT2D eigenvalue weighted by atomic mass is 35.5. The molecule has 16 heteroatoms. The number of hydrogen-bond donors (Lipinski definition) is 1. The summed E-state index contributed by atoms with van der Waals surface area (Å²) in [6.45, 7) is 4.85. The number of amides is 1. The van der Waals surface area contributed by atoms with E-state index in [1.165, 1.54) is 24.0 Å². The Kier molecular flexibility index (Phi) is 9.23. The highest BCUT2D eigenvalue weighted by Crippen LogP contribution is 2.43. The number of rotatable bonds is 7. The molecule has 3 unspecified atom stereocenters. The Hall–Kier alpha value is -4.29. The van der Waals surface area contributed by atoms with Crippen molar-refractivity contribution in [3.05, 3.63) is 46.8 Å². The number of nitriles is 1. The van der Waals surface area contributed by atoms with Crippen molar-refractivity contribution in [3.8, 4) is 23.3 Å². The van der Waals surface area contributed by atoms with E-state index < -0.39 is 41.4 Å². The quantitative estimate of drug-likeness (QED) is 0.272. The number of carbonyl (C=O) groups excluding carboxylic acids is 1. The first kappa shape index (κ1) is 33.1. The van der Waals surface area contributed by atoms with E-state index in [2.05, 4.69) is 21.5 Å². The van der Waals surface area contributed by atoms with Crippen LogP contribution in [0.4, 0.5) is 33.6 Å². The predicted molar refractivity (Wildman–Crippen MR) is 162 cm³/mol. The summed E-state index contributed by atoms with van der Waals surface area (Å²) in [5.41, 5.74) is 4.29. The molecular formula is C30H30ClF5N8O2. The minimum absolute atomic E-state index is 0.0216. The minimum Gasteiger partial charge on any atom is -0.462 e. The van der Waals surface area contributed by atoms with E-state index in [9.17, 15) is 32.0 Å². The van der Waals surface area contributed by atoms with Crippen molar-refractivity contribution in [1.29, 1.82) is 5.26 Å². The van der Waals surface area contributed by atoms with Crippen LogP contribution in [0.15, 0.2) is 30.6 Å². The van der Waals surface area contributed by atoms with Crippen molar-refractivity contribution in [2.75, 3.05) is 50.5 Å². The number of fused-ring (bicyclic) bond motifs is 1. The Morgan fingerprint density at radius 3 is 2.57 bits per heavy atom. The van der Waals surface area contributed by atoms with E-state index in [1.807, 2.05) is 6.07 Å². The zero-order valence-corrected chi connectivity index (χ0v) is 25.7. The molecule has 2 aliphatic heterocycles. The van der Waals surface area contributed by atoms with E-state index in [-0.39, 0.29) is 91.0 Å². The summed E-state index contributed by atoms with van der Waals surface area (Å²) in [5, 5.41) is 9.67. The van der Waals surface area contributed by atoms with Gasteiger partial charge in [0.1, 0.15) is 24.4 Å². The lowest BCUT2D eigenvalue weighted by Crippen LogP contribution is -2.55. The fourth-order valence-corrected chi connectivity index (χ4v) is 6.23. The number of pyridine rings is 1. The maximum Gasteiger partial charge on any atom is 0.418 e. The molecule has 1 amide bonds. The van der Waals surface area contributed by atoms with Crippen molar-refractivity contribution in [3.63, 3.8) is 0 Å². The number of alkyl halides is 4. The van der Waals surface area contributed by atoms with Gasteiger partial charge in [-0.1, -0.05) is 18.2 Å². The van der Waals surface area contributed by atoms with Crippen LogP contribution in [0.1, 0.15) is 24.0 Å². The van der Waals surface area contributed by atoms with Crippen molar-refractivity contribution in [2.24, 2.45) is 0 Å². The number of nitrogens with two attached hydrogens (primary N) is 1. The van der Waals surface area contributed by atoms with Gasteiger partial charge in [0, 0.05) is 43.2 Å². The minimum atomic E-state index is -4.77. The summed E-state index contributed by atoms with van der Waals surface area (Å²) in [5.74, 6) is -1.96. The third kappa shape index (κ3) is 6.63. The molecule has 0 saturated carbocycles. The molecule has 3 aromatic rings. The summed E-state index contributed by atoms with van der Waals surface area (Å²) < 4.78 is 76.3. The normalized spacial score (nSPS) is 20.6. The number of ether oxygens (including phenoxy) is 1. The molecule has 244 valence electrons. The predicted octanol–water partition coefficient (Wildman–Crippen LogP) is 5.09. The second kappa shape index (κ2) is 12.8. The molecule has 5 rings (SSSR count). The molecule has 2 saturated heterocycles. The molecule has 3 atom stereocenters. The smallest absolute Gasteiger partial charge is 0.418 e. The number of nitrogen functional groups attached to an aromatic ring is 1. The van der Waals surface area contributed by atoms with Crippen LogP contribution in [-0.4, -0.2) is 88.7 Å². The number of aromatic nitrogens is 3. The maximum atomic E-state index is 14.2. The van der Waals surface area contributed by atoms with Gasteiger partial charge in [-0.3, -0.25) is 9.69 Å². The zero-order valence-electron chi connectivity index (χ0n) is 24.9. The number of likely N-dealkylation sites (N-methyl/N-ethyl adjacent to an activating group) is 1. The number of halogens is 6. The molecule has 1 aromatic carbocycles. The largest absolute Gasteiger partial charge is 0.462 e. The van der Waals surface area contributed by atoms with Gasteiger partial charge >= 0.3 is 12.2 Å². The molecular weight excluding hydrogens is 635 g/mol. The molecule has 0 radical (unpaired) electrons. The number of nitrogens with zero attached hydrogens (tertiary/aromatic N) is 7. The summed E-state index contributed by atoms with van der Waals surface area (Å²) in [6.07, 6.45) is -5.68. The molecule has 0 aliphatic carbocycles. The Balaban J connectivity index is 1.63. The van der Waals surface area contributed by atoms with Crippen molar-refractivity contribution in [2.45, 2.75) is 44.2 Å². The second-order valence-electron chi connectivity index (χ2n) is 11.4. The van der Waals surface area contributed by atoms with E-state index in [1.54, 1.807) is 16.8 Å². The van der Waals surface area contributed by atoms with Gasteiger partial charge in [-0.25, -0.2) is 13.8 Å². The number of aryl methyl sites for hydroxylation is 1. The molecule has 2 N–H and O–H groups in total. The summed E-state index contributed by atoms with van der Waals surface area (Å²) in [6, 6.07) is 4.74. The fraction of sp³-hybridized carbons (Fsp3) is 0.433. The molecule has 46 heavy (non-hydrogen) atoms. The average Bonchev–Trinajstić information content (AvgIpc) is 3.30. The second-order valence-corrected chi connectivity index (χ2v) is 11.8. The Morgan fingerprint density at radius 2 is 1.93 bits per heavy atom. The number of carbonyl (C=O) groups is 1. The standard InChI is InChI=1S/C30H30ClF5N8O2/c1-15-8-24(38)40-26(25(15)30(34,35)36)20-11-23-21(10-22(20)31)27(41-29(39-23)46-14-19-9-17(33)12-42(19)3)43-6-7-44(28(45)16(2)32)18(13-43)4-5-37/h8,10-11,17-19H,2,4,6-7,9,12-14H2,1,3H3,(H2,38,40). The molecule has 2 fully saturated rings. The third-order valence-electron chi connectivity index (χ3n) is 8.16. The molecule has 0 spiro atoms. The summed E-state index contributed by atoms with van der Waals surface area (Å²) in [4.78, 5) is 30.3. The highest BCUT2D eigenvalue weighted by molar-refractivity contribution is 6.34. The number of benzene rings is 1. The van der Waals surface area contributed by atoms with Crippen LogP contribution in [0.5, 0.6) is 6.01 Å². The lowest BCUT2D eigenvalue weighted by atomic mass is 9.99. The fourth-order valence-electron chi connectivity index (χ4n) is 5.98. The SMILES string of the molecule is C=C(F)C(=O)N1CCN(c2nc(OCC3CC(F)CN3C)nc3cc(-c4nc(N)cc(C)c4C(F)(F)F)c(Cl)cc23)CC1CC#N. The van der Waals surface area contributed by atoms with Gasteiger partial charge in [0.25, 0.3) is 5.91 Å². The monoisotopic (exact) mass is 664 g/mol. The van der Waals surface area contributed by atoms with E-state index in [4.69, 9.17) is 22.1 Å². The van der Waals surface area contributed by atoms with Crippen LogP contribution >= 0.6 is 11.6 Å². The first-order valence-electron chi connectivity index (χ1n) is 14.3. The first-order chi connectivity index (χ1) is 21.7. The van der Waals surface area contributed by atoms with E-state index >= 15 is 0 Å². The lowest BCUT2D eigenvalue weighted by molar-refractivity contribution is -0.137. The molecule has 2 aliphatic rings. The Morgan fingerprint density at radius 1 is 1.20 bits per heavy atom. The van der Waals surface area contributed by atoms with Gasteiger partial charge in [-0.15, -0.1) is 0 Å². The average molecular weight is 665 g/mol. The first-order valence-corrected chi connectivity index (χ1v) is 14.7. The lowest BCUT2D eigenvalue weighted by Gasteiger charge is -2.41. The van der Waals surface area contributed by atoms with Crippen LogP contribution in [0.3, 0.4) is 0 Å². The third-order valence-corrected chi connectivity index (χ3v) is 8.48.